The molecule has 1 aromatic carbocycles. The molecule has 0 aliphatic carbocycles. The van der Waals surface area contributed by atoms with Crippen LogP contribution < -0.4 is 10.6 Å². The van der Waals surface area contributed by atoms with E-state index in [1.807, 2.05) is 25.7 Å². The lowest BCUT2D eigenvalue weighted by Gasteiger charge is -2.19. The molecule has 2 aliphatic heterocycles. The average molecular weight is 544 g/mol. The zero-order valence-corrected chi connectivity index (χ0v) is 22.0. The fraction of sp³-hybridized carbons (Fsp3) is 0.500. The topological polar surface area (TPSA) is 133 Å². The van der Waals surface area contributed by atoms with Gasteiger partial charge in [0.1, 0.15) is 17.7 Å². The molecular weight excluding hydrogens is 512 g/mol. The number of likely N-dealkylation sites (tertiary alicyclic amines) is 1. The zero-order chi connectivity index (χ0) is 27.7. The van der Waals surface area contributed by atoms with Crippen molar-refractivity contribution in [3.05, 3.63) is 53.6 Å². The monoisotopic (exact) mass is 543 g/mol. The Balaban J connectivity index is 1.19. The van der Waals surface area contributed by atoms with Gasteiger partial charge in [0.25, 0.3) is 5.89 Å². The van der Waals surface area contributed by atoms with Crippen molar-refractivity contribution < 1.29 is 27.6 Å². The summed E-state index contributed by atoms with van der Waals surface area (Å²) in [5.74, 6) is -0.378. The molecule has 2 N–H and O–H groups in total. The lowest BCUT2D eigenvalue weighted by molar-refractivity contribution is -0.00405. The molecule has 13 heteroatoms. The summed E-state index contributed by atoms with van der Waals surface area (Å²) in [6, 6.07) is 2.98. The summed E-state index contributed by atoms with van der Waals surface area (Å²) in [7, 11) is 0. The van der Waals surface area contributed by atoms with Crippen LogP contribution in [0.4, 0.5) is 19.5 Å². The molecule has 0 bridgehead atoms. The van der Waals surface area contributed by atoms with Crippen molar-refractivity contribution in [3.8, 4) is 11.5 Å². The number of amides is 1. The largest absolute Gasteiger partial charge is 0.447 e. The molecule has 208 valence electrons. The molecule has 0 spiro atoms. The highest BCUT2D eigenvalue weighted by molar-refractivity contribution is 5.68. The SMILES string of the molecule is CC(C)OC(=O)N1CC[C@H](O[C@H](C)c2noc(-c3cnc(N4C[C@H](c5cc(F)ccc5F)[C@@H](N)C4)nc3)n2)C1. The van der Waals surface area contributed by atoms with E-state index in [9.17, 15) is 13.6 Å². The minimum atomic E-state index is -0.507. The average Bonchev–Trinajstić information content (AvgIpc) is 3.65. The van der Waals surface area contributed by atoms with E-state index in [0.29, 0.717) is 49.9 Å². The third kappa shape index (κ3) is 5.98. The molecule has 2 aromatic heterocycles. The van der Waals surface area contributed by atoms with Crippen LogP contribution in [0.2, 0.25) is 0 Å². The van der Waals surface area contributed by atoms with Crippen LogP contribution in [-0.4, -0.2) is 75.5 Å². The molecular formula is C26H31F2N7O4. The van der Waals surface area contributed by atoms with E-state index in [1.54, 1.807) is 17.3 Å². The summed E-state index contributed by atoms with van der Waals surface area (Å²) in [6.07, 6.45) is 2.65. The number of ether oxygens (including phenoxy) is 2. The van der Waals surface area contributed by atoms with E-state index in [2.05, 4.69) is 20.1 Å². The minimum absolute atomic E-state index is 0.166. The van der Waals surface area contributed by atoms with E-state index in [1.165, 1.54) is 6.07 Å². The first kappa shape index (κ1) is 26.9. The molecule has 0 unspecified atom stereocenters. The number of rotatable bonds is 7. The molecule has 3 aromatic rings. The Bertz CT molecular complexity index is 1310. The summed E-state index contributed by atoms with van der Waals surface area (Å²) in [6.45, 7) is 7.18. The van der Waals surface area contributed by atoms with Gasteiger partial charge in [-0.15, -0.1) is 0 Å². The van der Waals surface area contributed by atoms with Gasteiger partial charge in [-0.05, 0) is 51.0 Å². The van der Waals surface area contributed by atoms with Gasteiger partial charge in [0, 0.05) is 44.0 Å². The Hall–Kier alpha value is -3.71. The minimum Gasteiger partial charge on any atom is -0.447 e. The second-order valence-electron chi connectivity index (χ2n) is 10.1. The Morgan fingerprint density at radius 3 is 2.67 bits per heavy atom. The number of anilines is 1. The second-order valence-corrected chi connectivity index (χ2v) is 10.1. The molecule has 2 saturated heterocycles. The van der Waals surface area contributed by atoms with Crippen LogP contribution in [0.5, 0.6) is 0 Å². The molecule has 0 radical (unpaired) electrons. The first-order valence-electron chi connectivity index (χ1n) is 12.9. The lowest BCUT2D eigenvalue weighted by Crippen LogP contribution is -2.32. The van der Waals surface area contributed by atoms with Gasteiger partial charge in [0.15, 0.2) is 0 Å². The van der Waals surface area contributed by atoms with E-state index in [-0.39, 0.29) is 29.8 Å². The van der Waals surface area contributed by atoms with Crippen molar-refractivity contribution in [2.45, 2.75) is 57.5 Å². The smallest absolute Gasteiger partial charge is 0.410 e. The Kier molecular flexibility index (Phi) is 7.71. The van der Waals surface area contributed by atoms with Gasteiger partial charge < -0.3 is 29.5 Å². The van der Waals surface area contributed by atoms with Gasteiger partial charge in [0.05, 0.1) is 24.3 Å². The summed E-state index contributed by atoms with van der Waals surface area (Å²) in [4.78, 5) is 28.8. The van der Waals surface area contributed by atoms with Crippen LogP contribution in [0.25, 0.3) is 11.5 Å². The number of hydrogen-bond acceptors (Lipinski definition) is 10. The van der Waals surface area contributed by atoms with Crippen LogP contribution in [0.3, 0.4) is 0 Å². The molecule has 1 amide bonds. The number of aromatic nitrogens is 4. The number of carbonyl (C=O) groups is 1. The van der Waals surface area contributed by atoms with Gasteiger partial charge in [-0.2, -0.15) is 4.98 Å². The van der Waals surface area contributed by atoms with Crippen LogP contribution in [0.15, 0.2) is 35.1 Å². The normalized spacial score (nSPS) is 22.1. The molecule has 2 aliphatic rings. The Labute approximate surface area is 224 Å². The fourth-order valence-corrected chi connectivity index (χ4v) is 4.86. The number of benzene rings is 1. The van der Waals surface area contributed by atoms with E-state index in [4.69, 9.17) is 19.7 Å². The highest BCUT2D eigenvalue weighted by Crippen LogP contribution is 2.31. The molecule has 2 fully saturated rings. The van der Waals surface area contributed by atoms with Crippen molar-refractivity contribution in [1.29, 1.82) is 0 Å². The van der Waals surface area contributed by atoms with Crippen LogP contribution in [0.1, 0.15) is 50.6 Å². The van der Waals surface area contributed by atoms with Crippen molar-refractivity contribution in [1.82, 2.24) is 25.0 Å². The highest BCUT2D eigenvalue weighted by atomic mass is 19.1. The molecule has 4 atom stereocenters. The van der Waals surface area contributed by atoms with Crippen LogP contribution in [0, 0.1) is 11.6 Å². The Morgan fingerprint density at radius 1 is 1.15 bits per heavy atom. The summed E-state index contributed by atoms with van der Waals surface area (Å²) < 4.78 is 44.7. The van der Waals surface area contributed by atoms with Gasteiger partial charge in [-0.1, -0.05) is 5.16 Å². The highest BCUT2D eigenvalue weighted by Gasteiger charge is 2.35. The zero-order valence-electron chi connectivity index (χ0n) is 22.0. The lowest BCUT2D eigenvalue weighted by atomic mass is 9.94. The summed E-state index contributed by atoms with van der Waals surface area (Å²) in [5.41, 5.74) is 7.02. The van der Waals surface area contributed by atoms with Gasteiger partial charge >= 0.3 is 6.09 Å². The number of carbonyl (C=O) groups excluding carboxylic acids is 1. The molecule has 0 saturated carbocycles. The first-order valence-corrected chi connectivity index (χ1v) is 12.9. The van der Waals surface area contributed by atoms with Crippen LogP contribution in [-0.2, 0) is 9.47 Å². The fourth-order valence-electron chi connectivity index (χ4n) is 4.86. The molecule has 5 rings (SSSR count). The van der Waals surface area contributed by atoms with Gasteiger partial charge in [-0.25, -0.2) is 23.5 Å². The van der Waals surface area contributed by atoms with E-state index in [0.717, 1.165) is 12.1 Å². The summed E-state index contributed by atoms with van der Waals surface area (Å²) >= 11 is 0. The van der Waals surface area contributed by atoms with Gasteiger partial charge in [0.2, 0.25) is 11.8 Å². The predicted octanol–water partition coefficient (Wildman–Crippen LogP) is 3.43. The number of nitrogens with two attached hydrogens (primary N) is 1. The van der Waals surface area contributed by atoms with Crippen molar-refractivity contribution >= 4 is 12.0 Å². The standard InChI is InChI=1S/C26H31F2N7O4/c1-14(2)37-26(36)34-7-6-18(11-34)38-15(3)23-32-24(39-33-23)16-9-30-25(31-10-16)35-12-20(22(29)13-35)19-8-17(27)4-5-21(19)28/h4-5,8-10,14-15,18,20,22H,6-7,11-13,29H2,1-3H3/t15-,18+,20-,22+/m1/s1. The maximum Gasteiger partial charge on any atom is 0.410 e. The number of nitrogens with zero attached hydrogens (tertiary/aromatic N) is 6. The molecule has 39 heavy (non-hydrogen) atoms. The quantitative estimate of drug-likeness (QED) is 0.473. The van der Waals surface area contributed by atoms with Crippen molar-refractivity contribution in [2.24, 2.45) is 5.73 Å². The molecule has 4 heterocycles. The first-order chi connectivity index (χ1) is 18.7. The van der Waals surface area contributed by atoms with E-state index < -0.39 is 29.7 Å². The number of hydrogen-bond donors (Lipinski definition) is 1. The van der Waals surface area contributed by atoms with Gasteiger partial charge in [-0.3, -0.25) is 0 Å². The maximum absolute atomic E-state index is 14.3. The van der Waals surface area contributed by atoms with Crippen LogP contribution >= 0.6 is 0 Å². The number of halogens is 2. The third-order valence-corrected chi connectivity index (χ3v) is 6.83. The van der Waals surface area contributed by atoms with E-state index >= 15 is 0 Å². The maximum atomic E-state index is 14.3. The van der Waals surface area contributed by atoms with Crippen molar-refractivity contribution in [2.75, 3.05) is 31.1 Å². The van der Waals surface area contributed by atoms with Crippen molar-refractivity contribution in [3.63, 3.8) is 0 Å². The predicted molar refractivity (Wildman–Crippen MR) is 136 cm³/mol. The summed E-state index contributed by atoms with van der Waals surface area (Å²) in [5, 5.41) is 4.03. The molecule has 11 nitrogen and oxygen atoms in total. The Morgan fingerprint density at radius 2 is 1.92 bits per heavy atom. The third-order valence-electron chi connectivity index (χ3n) is 6.83. The second kappa shape index (κ2) is 11.2.